The summed E-state index contributed by atoms with van der Waals surface area (Å²) >= 11 is 3.64. The average molecular weight is 360 g/mol. The monoisotopic (exact) mass is 359 g/mol. The summed E-state index contributed by atoms with van der Waals surface area (Å²) in [5, 5.41) is 0. The minimum absolute atomic E-state index is 0.101. The summed E-state index contributed by atoms with van der Waals surface area (Å²) in [5.74, 6) is 0.184. The summed E-state index contributed by atoms with van der Waals surface area (Å²) in [4.78, 5) is 0.285. The zero-order valence-corrected chi connectivity index (χ0v) is 14.2. The van der Waals surface area contributed by atoms with Crippen LogP contribution in [0.3, 0.4) is 0 Å². The quantitative estimate of drug-likeness (QED) is 0.757. The highest BCUT2D eigenvalue weighted by Crippen LogP contribution is 2.29. The molecule has 0 saturated heterocycles. The second-order valence-corrected chi connectivity index (χ2v) is 8.76. The Kier molecular flexibility index (Phi) is 5.64. The molecule has 0 amide bonds. The molecule has 0 heterocycles. The summed E-state index contributed by atoms with van der Waals surface area (Å²) in [6.07, 6.45) is 4.89. The molecule has 0 N–H and O–H groups in total. The smallest absolute Gasteiger partial charge is 0.212 e. The number of rotatable bonds is 5. The van der Waals surface area contributed by atoms with E-state index < -0.39 is 10.0 Å². The Hall–Kier alpha value is -0.390. The van der Waals surface area contributed by atoms with Crippen molar-refractivity contribution in [1.82, 2.24) is 4.31 Å². The van der Waals surface area contributed by atoms with E-state index in [1.165, 1.54) is 6.42 Å². The van der Waals surface area contributed by atoms with Gasteiger partial charge in [-0.2, -0.15) is 0 Å². The molecule has 1 aromatic rings. The molecular weight excluding hydrogens is 338 g/mol. The van der Waals surface area contributed by atoms with Crippen molar-refractivity contribution in [2.45, 2.75) is 43.0 Å². The topological polar surface area (TPSA) is 37.4 Å². The molecule has 1 saturated carbocycles. The van der Waals surface area contributed by atoms with Crippen LogP contribution in [0.15, 0.2) is 30.3 Å². The van der Waals surface area contributed by atoms with Crippen LogP contribution in [0.1, 0.15) is 31.2 Å². The molecular formula is C15H22BrNO2S. The molecule has 2 unspecified atom stereocenters. The van der Waals surface area contributed by atoms with Crippen molar-refractivity contribution in [1.29, 1.82) is 0 Å². The first-order valence-corrected chi connectivity index (χ1v) is 9.67. The predicted molar refractivity (Wildman–Crippen MR) is 86.7 cm³/mol. The molecule has 1 aromatic carbocycles. The van der Waals surface area contributed by atoms with Crippen molar-refractivity contribution in [3.05, 3.63) is 35.9 Å². The molecule has 2 atom stereocenters. The van der Waals surface area contributed by atoms with Crippen molar-refractivity contribution in [3.63, 3.8) is 0 Å². The van der Waals surface area contributed by atoms with Crippen LogP contribution in [0.5, 0.6) is 0 Å². The number of sulfonamides is 1. The van der Waals surface area contributed by atoms with E-state index in [2.05, 4.69) is 15.9 Å². The van der Waals surface area contributed by atoms with Crippen LogP contribution in [-0.2, 0) is 16.4 Å². The van der Waals surface area contributed by atoms with E-state index >= 15 is 0 Å². The molecule has 112 valence electrons. The van der Waals surface area contributed by atoms with Crippen LogP contribution in [0.25, 0.3) is 0 Å². The summed E-state index contributed by atoms with van der Waals surface area (Å²) in [5.41, 5.74) is 1.07. The fraction of sp³-hybridized carbons (Fsp3) is 0.600. The maximum absolute atomic E-state index is 12.5. The minimum atomic E-state index is -3.19. The lowest BCUT2D eigenvalue weighted by Gasteiger charge is -2.34. The highest BCUT2D eigenvalue weighted by molar-refractivity contribution is 9.09. The minimum Gasteiger partial charge on any atom is -0.212 e. The molecule has 0 bridgehead atoms. The van der Waals surface area contributed by atoms with E-state index in [0.717, 1.165) is 24.8 Å². The lowest BCUT2D eigenvalue weighted by atomic mass is 9.96. The van der Waals surface area contributed by atoms with Gasteiger partial charge in [-0.3, -0.25) is 0 Å². The van der Waals surface area contributed by atoms with E-state index in [4.69, 9.17) is 0 Å². The van der Waals surface area contributed by atoms with Crippen LogP contribution >= 0.6 is 15.9 Å². The van der Waals surface area contributed by atoms with Crippen molar-refractivity contribution in [3.8, 4) is 0 Å². The van der Waals surface area contributed by atoms with Gasteiger partial charge in [-0.1, -0.05) is 59.1 Å². The summed E-state index contributed by atoms with van der Waals surface area (Å²) < 4.78 is 26.5. The van der Waals surface area contributed by atoms with Crippen LogP contribution < -0.4 is 0 Å². The number of halogens is 1. The third-order valence-electron chi connectivity index (χ3n) is 4.04. The van der Waals surface area contributed by atoms with Gasteiger partial charge in [0.1, 0.15) is 0 Å². The lowest BCUT2D eigenvalue weighted by molar-refractivity contribution is 0.297. The van der Waals surface area contributed by atoms with E-state index in [1.54, 1.807) is 11.4 Å². The number of hydrogen-bond donors (Lipinski definition) is 0. The van der Waals surface area contributed by atoms with Crippen molar-refractivity contribution < 1.29 is 8.42 Å². The van der Waals surface area contributed by atoms with Crippen molar-refractivity contribution >= 4 is 26.0 Å². The molecule has 20 heavy (non-hydrogen) atoms. The second kappa shape index (κ2) is 7.05. The summed E-state index contributed by atoms with van der Waals surface area (Å²) in [6, 6.07) is 9.89. The highest BCUT2D eigenvalue weighted by Gasteiger charge is 2.32. The molecule has 0 aliphatic heterocycles. The normalized spacial score (nSPS) is 23.9. The van der Waals surface area contributed by atoms with Gasteiger partial charge in [0.15, 0.2) is 0 Å². The molecule has 1 aliphatic rings. The largest absolute Gasteiger partial charge is 0.214 e. The van der Waals surface area contributed by atoms with Gasteiger partial charge in [0.05, 0.1) is 5.75 Å². The number of benzene rings is 1. The van der Waals surface area contributed by atoms with E-state index in [9.17, 15) is 8.42 Å². The Labute approximate surface area is 130 Å². The zero-order valence-electron chi connectivity index (χ0n) is 11.8. The molecule has 3 nitrogen and oxygen atoms in total. The van der Waals surface area contributed by atoms with Gasteiger partial charge >= 0.3 is 0 Å². The zero-order chi connectivity index (χ0) is 14.6. The van der Waals surface area contributed by atoms with Gasteiger partial charge in [0.2, 0.25) is 10.0 Å². The number of hydrogen-bond acceptors (Lipinski definition) is 2. The molecule has 0 radical (unpaired) electrons. The van der Waals surface area contributed by atoms with Gasteiger partial charge in [0.25, 0.3) is 0 Å². The Balaban J connectivity index is 1.98. The Morgan fingerprint density at radius 1 is 1.20 bits per heavy atom. The molecule has 5 heteroatoms. The standard InChI is InChI=1S/C15H22BrNO2S/c1-17(15-10-6-5-9-14(15)16)20(18,19)12-11-13-7-3-2-4-8-13/h2-4,7-8,14-15H,5-6,9-12H2,1H3. The maximum atomic E-state index is 12.5. The molecule has 1 aliphatic carbocycles. The Morgan fingerprint density at radius 2 is 1.85 bits per heavy atom. The van der Waals surface area contributed by atoms with E-state index in [1.807, 2.05) is 30.3 Å². The van der Waals surface area contributed by atoms with Gasteiger partial charge in [-0.05, 0) is 24.8 Å². The third-order valence-corrected chi connectivity index (χ3v) is 6.98. The first-order chi connectivity index (χ1) is 9.50. The van der Waals surface area contributed by atoms with Gasteiger partial charge in [0, 0.05) is 17.9 Å². The third kappa shape index (κ3) is 4.06. The average Bonchev–Trinajstić information content (AvgIpc) is 2.46. The van der Waals surface area contributed by atoms with Crippen LogP contribution in [0.4, 0.5) is 0 Å². The molecule has 2 rings (SSSR count). The van der Waals surface area contributed by atoms with E-state index in [-0.39, 0.29) is 16.6 Å². The molecule has 0 aromatic heterocycles. The molecule has 1 fully saturated rings. The summed E-state index contributed by atoms with van der Waals surface area (Å²) in [7, 11) is -1.46. The van der Waals surface area contributed by atoms with Crippen molar-refractivity contribution in [2.75, 3.05) is 12.8 Å². The number of alkyl halides is 1. The van der Waals surface area contributed by atoms with Gasteiger partial charge in [-0.15, -0.1) is 0 Å². The van der Waals surface area contributed by atoms with E-state index in [0.29, 0.717) is 6.42 Å². The predicted octanol–water partition coefficient (Wildman–Crippen LogP) is 3.20. The highest BCUT2D eigenvalue weighted by atomic mass is 79.9. The second-order valence-electron chi connectivity index (χ2n) is 5.44. The van der Waals surface area contributed by atoms with Crippen molar-refractivity contribution in [2.24, 2.45) is 0 Å². The fourth-order valence-corrected chi connectivity index (χ4v) is 5.26. The Morgan fingerprint density at radius 3 is 2.50 bits per heavy atom. The number of aryl methyl sites for hydroxylation is 1. The maximum Gasteiger partial charge on any atom is 0.214 e. The Bertz CT molecular complexity index is 518. The fourth-order valence-electron chi connectivity index (χ4n) is 2.72. The van der Waals surface area contributed by atoms with Gasteiger partial charge < -0.3 is 0 Å². The lowest BCUT2D eigenvalue weighted by Crippen LogP contribution is -2.45. The summed E-state index contributed by atoms with van der Waals surface area (Å²) in [6.45, 7) is 0. The van der Waals surface area contributed by atoms with Gasteiger partial charge in [-0.25, -0.2) is 12.7 Å². The first kappa shape index (κ1) is 16.0. The van der Waals surface area contributed by atoms with Crippen LogP contribution in [0, 0.1) is 0 Å². The number of nitrogens with zero attached hydrogens (tertiary/aromatic N) is 1. The first-order valence-electron chi connectivity index (χ1n) is 7.14. The molecule has 0 spiro atoms. The SMILES string of the molecule is CN(C1CCCCC1Br)S(=O)(=O)CCc1ccccc1. The van der Waals surface area contributed by atoms with Crippen LogP contribution in [0.2, 0.25) is 0 Å². The van der Waals surface area contributed by atoms with Crippen LogP contribution in [-0.4, -0.2) is 36.4 Å².